The highest BCUT2D eigenvalue weighted by Gasteiger charge is 2.23. The number of carbonyl (C=O) groups is 1. The number of ether oxygens (including phenoxy) is 1. The Labute approximate surface area is 91.0 Å². The van der Waals surface area contributed by atoms with E-state index in [0.29, 0.717) is 18.8 Å². The Hall–Kier alpha value is -0.610. The van der Waals surface area contributed by atoms with Crippen LogP contribution in [-0.2, 0) is 9.53 Å². The van der Waals surface area contributed by atoms with E-state index in [0.717, 1.165) is 19.6 Å². The molecular formula is C11H21NO3. The van der Waals surface area contributed by atoms with Crippen LogP contribution >= 0.6 is 0 Å². The Morgan fingerprint density at radius 1 is 1.60 bits per heavy atom. The van der Waals surface area contributed by atoms with Crippen LogP contribution in [0.25, 0.3) is 0 Å². The van der Waals surface area contributed by atoms with Gasteiger partial charge in [0.2, 0.25) is 5.91 Å². The Morgan fingerprint density at radius 2 is 2.33 bits per heavy atom. The topological polar surface area (TPSA) is 58.6 Å². The van der Waals surface area contributed by atoms with Gasteiger partial charge in [0.25, 0.3) is 0 Å². The Balaban J connectivity index is 2.18. The number of amides is 1. The van der Waals surface area contributed by atoms with Gasteiger partial charge >= 0.3 is 0 Å². The molecule has 1 amide bonds. The van der Waals surface area contributed by atoms with E-state index in [9.17, 15) is 4.79 Å². The highest BCUT2D eigenvalue weighted by molar-refractivity contribution is 5.76. The summed E-state index contributed by atoms with van der Waals surface area (Å²) in [7, 11) is 0. The molecule has 3 unspecified atom stereocenters. The van der Waals surface area contributed by atoms with E-state index < -0.39 is 6.10 Å². The first kappa shape index (κ1) is 12.5. The Morgan fingerprint density at radius 3 is 2.87 bits per heavy atom. The summed E-state index contributed by atoms with van der Waals surface area (Å²) in [6, 6.07) is 0.175. The molecule has 4 heteroatoms. The van der Waals surface area contributed by atoms with Gasteiger partial charge in [-0.15, -0.1) is 0 Å². The summed E-state index contributed by atoms with van der Waals surface area (Å²) in [5, 5.41) is 12.0. The lowest BCUT2D eigenvalue weighted by Gasteiger charge is -2.19. The first-order valence-corrected chi connectivity index (χ1v) is 5.64. The first-order valence-electron chi connectivity index (χ1n) is 5.64. The molecule has 0 spiro atoms. The average molecular weight is 215 g/mol. The maximum atomic E-state index is 11.5. The fourth-order valence-electron chi connectivity index (χ4n) is 1.73. The van der Waals surface area contributed by atoms with Gasteiger partial charge < -0.3 is 15.2 Å². The van der Waals surface area contributed by atoms with Gasteiger partial charge in [0.15, 0.2) is 0 Å². The van der Waals surface area contributed by atoms with Crippen molar-refractivity contribution in [3.63, 3.8) is 0 Å². The molecule has 0 saturated carbocycles. The molecule has 0 bridgehead atoms. The fraction of sp³-hybridized carbons (Fsp3) is 0.909. The second-order valence-corrected chi connectivity index (χ2v) is 4.37. The van der Waals surface area contributed by atoms with E-state index in [-0.39, 0.29) is 11.9 Å². The second kappa shape index (κ2) is 6.08. The minimum absolute atomic E-state index is 0.0234. The smallest absolute Gasteiger partial charge is 0.220 e. The SMILES string of the molecule is CC(O)CCC(=O)NC(C)C1CCOC1. The van der Waals surface area contributed by atoms with Crippen molar-refractivity contribution in [2.45, 2.75) is 45.3 Å². The average Bonchev–Trinajstić information content (AvgIpc) is 2.67. The van der Waals surface area contributed by atoms with Crippen molar-refractivity contribution in [1.82, 2.24) is 5.32 Å². The van der Waals surface area contributed by atoms with E-state index >= 15 is 0 Å². The lowest BCUT2D eigenvalue weighted by molar-refractivity contribution is -0.122. The molecule has 1 rings (SSSR count). The van der Waals surface area contributed by atoms with Gasteiger partial charge in [-0.1, -0.05) is 0 Å². The second-order valence-electron chi connectivity index (χ2n) is 4.37. The van der Waals surface area contributed by atoms with Crippen LogP contribution in [0.15, 0.2) is 0 Å². The van der Waals surface area contributed by atoms with Gasteiger partial charge in [-0.2, -0.15) is 0 Å². The summed E-state index contributed by atoms with van der Waals surface area (Å²) in [4.78, 5) is 11.5. The quantitative estimate of drug-likeness (QED) is 0.709. The van der Waals surface area contributed by atoms with E-state index in [2.05, 4.69) is 5.32 Å². The molecular weight excluding hydrogens is 194 g/mol. The molecule has 0 aromatic carbocycles. The third-order valence-corrected chi connectivity index (χ3v) is 2.85. The van der Waals surface area contributed by atoms with Crippen molar-refractivity contribution in [3.05, 3.63) is 0 Å². The van der Waals surface area contributed by atoms with Crippen LogP contribution in [0, 0.1) is 5.92 Å². The minimum atomic E-state index is -0.402. The lowest BCUT2D eigenvalue weighted by Crippen LogP contribution is -2.38. The number of hydrogen-bond acceptors (Lipinski definition) is 3. The zero-order valence-corrected chi connectivity index (χ0v) is 9.53. The van der Waals surface area contributed by atoms with Crippen molar-refractivity contribution < 1.29 is 14.6 Å². The highest BCUT2D eigenvalue weighted by atomic mass is 16.5. The van der Waals surface area contributed by atoms with Crippen molar-refractivity contribution in [3.8, 4) is 0 Å². The summed E-state index contributed by atoms with van der Waals surface area (Å²) < 4.78 is 5.27. The number of rotatable bonds is 5. The molecule has 1 aliphatic heterocycles. The van der Waals surface area contributed by atoms with E-state index in [1.807, 2.05) is 6.92 Å². The first-order chi connectivity index (χ1) is 7.09. The van der Waals surface area contributed by atoms with Gasteiger partial charge in [-0.25, -0.2) is 0 Å². The summed E-state index contributed by atoms with van der Waals surface area (Å²) in [6.07, 6.45) is 1.55. The molecule has 15 heavy (non-hydrogen) atoms. The van der Waals surface area contributed by atoms with Crippen molar-refractivity contribution >= 4 is 5.91 Å². The van der Waals surface area contributed by atoms with Gasteiger partial charge in [-0.3, -0.25) is 4.79 Å². The molecule has 0 radical (unpaired) electrons. The summed E-state index contributed by atoms with van der Waals surface area (Å²) in [5.41, 5.74) is 0. The van der Waals surface area contributed by atoms with Crippen LogP contribution in [0.5, 0.6) is 0 Å². The molecule has 2 N–H and O–H groups in total. The molecule has 1 saturated heterocycles. The van der Waals surface area contributed by atoms with E-state index in [1.165, 1.54) is 0 Å². The predicted octanol–water partition coefficient (Wildman–Crippen LogP) is 0.689. The molecule has 3 atom stereocenters. The number of hydrogen-bond donors (Lipinski definition) is 2. The zero-order valence-electron chi connectivity index (χ0n) is 9.53. The number of carbonyl (C=O) groups excluding carboxylic acids is 1. The number of aliphatic hydroxyl groups excluding tert-OH is 1. The largest absolute Gasteiger partial charge is 0.393 e. The van der Waals surface area contributed by atoms with Crippen LogP contribution in [0.2, 0.25) is 0 Å². The maximum Gasteiger partial charge on any atom is 0.220 e. The standard InChI is InChI=1S/C11H21NO3/c1-8(13)3-4-11(14)12-9(2)10-5-6-15-7-10/h8-10,13H,3-7H2,1-2H3,(H,12,14). The third-order valence-electron chi connectivity index (χ3n) is 2.85. The van der Waals surface area contributed by atoms with Gasteiger partial charge in [-0.05, 0) is 26.7 Å². The van der Waals surface area contributed by atoms with Crippen LogP contribution in [0.4, 0.5) is 0 Å². The van der Waals surface area contributed by atoms with E-state index in [1.54, 1.807) is 6.92 Å². The molecule has 4 nitrogen and oxygen atoms in total. The molecule has 0 aliphatic carbocycles. The summed E-state index contributed by atoms with van der Waals surface area (Å²) in [5.74, 6) is 0.468. The van der Waals surface area contributed by atoms with Gasteiger partial charge in [0, 0.05) is 25.0 Å². The molecule has 0 aromatic rings. The zero-order chi connectivity index (χ0) is 11.3. The molecule has 1 fully saturated rings. The molecule has 0 aromatic heterocycles. The monoisotopic (exact) mass is 215 g/mol. The van der Waals surface area contributed by atoms with Crippen LogP contribution in [0.1, 0.15) is 33.1 Å². The molecule has 1 heterocycles. The summed E-state index contributed by atoms with van der Waals surface area (Å²) in [6.45, 7) is 5.26. The van der Waals surface area contributed by atoms with Gasteiger partial charge in [0.05, 0.1) is 12.7 Å². The van der Waals surface area contributed by atoms with Crippen LogP contribution in [-0.4, -0.2) is 36.4 Å². The molecule has 1 aliphatic rings. The molecule has 88 valence electrons. The normalized spacial score (nSPS) is 24.9. The number of nitrogens with one attached hydrogen (secondary N) is 1. The predicted molar refractivity (Wildman–Crippen MR) is 57.4 cm³/mol. The van der Waals surface area contributed by atoms with Crippen molar-refractivity contribution in [2.75, 3.05) is 13.2 Å². The van der Waals surface area contributed by atoms with Crippen LogP contribution < -0.4 is 5.32 Å². The minimum Gasteiger partial charge on any atom is -0.393 e. The maximum absolute atomic E-state index is 11.5. The van der Waals surface area contributed by atoms with Crippen molar-refractivity contribution in [2.24, 2.45) is 5.92 Å². The number of aliphatic hydroxyl groups is 1. The van der Waals surface area contributed by atoms with Gasteiger partial charge in [0.1, 0.15) is 0 Å². The third kappa shape index (κ3) is 4.62. The van der Waals surface area contributed by atoms with Crippen LogP contribution in [0.3, 0.4) is 0 Å². The van der Waals surface area contributed by atoms with E-state index in [4.69, 9.17) is 9.84 Å². The lowest BCUT2D eigenvalue weighted by atomic mass is 10.0. The summed E-state index contributed by atoms with van der Waals surface area (Å²) >= 11 is 0. The fourth-order valence-corrected chi connectivity index (χ4v) is 1.73. The highest BCUT2D eigenvalue weighted by Crippen LogP contribution is 2.16. The Kier molecular flexibility index (Phi) is 5.05. The van der Waals surface area contributed by atoms with Crippen molar-refractivity contribution in [1.29, 1.82) is 0 Å². The Bertz CT molecular complexity index is 200.